The Labute approximate surface area is 133 Å². The third-order valence-electron chi connectivity index (χ3n) is 3.30. The molecule has 3 aromatic rings. The normalized spacial score (nSPS) is 10.5. The van der Waals surface area contributed by atoms with Crippen molar-refractivity contribution in [3.8, 4) is 11.4 Å². The first-order valence-electron chi connectivity index (χ1n) is 7.28. The van der Waals surface area contributed by atoms with Gasteiger partial charge in [0.25, 0.3) is 5.91 Å². The summed E-state index contributed by atoms with van der Waals surface area (Å²) >= 11 is 0. The van der Waals surface area contributed by atoms with Gasteiger partial charge >= 0.3 is 0 Å². The summed E-state index contributed by atoms with van der Waals surface area (Å²) in [7, 11) is 0. The van der Waals surface area contributed by atoms with Crippen LogP contribution < -0.4 is 5.32 Å². The molecule has 0 atom stereocenters. The van der Waals surface area contributed by atoms with E-state index in [9.17, 15) is 4.79 Å². The van der Waals surface area contributed by atoms with E-state index in [2.05, 4.69) is 25.4 Å². The van der Waals surface area contributed by atoms with Crippen molar-refractivity contribution in [2.45, 2.75) is 20.0 Å². The molecule has 0 unspecified atom stereocenters. The molecule has 3 aromatic heterocycles. The fraction of sp³-hybridized carbons (Fsp3) is 0.188. The summed E-state index contributed by atoms with van der Waals surface area (Å²) in [5, 5.41) is 6.99. The molecule has 0 aliphatic carbocycles. The van der Waals surface area contributed by atoms with Crippen molar-refractivity contribution in [2.75, 3.05) is 0 Å². The monoisotopic (exact) mass is 308 g/mol. The number of hydrogen-bond donors (Lipinski definition) is 1. The Morgan fingerprint density at radius 1 is 1.22 bits per heavy atom. The van der Waals surface area contributed by atoms with Gasteiger partial charge in [-0.1, -0.05) is 0 Å². The maximum atomic E-state index is 12.1. The van der Waals surface area contributed by atoms with Gasteiger partial charge in [0.05, 0.1) is 11.8 Å². The van der Waals surface area contributed by atoms with Crippen molar-refractivity contribution >= 4 is 5.91 Å². The molecule has 7 nitrogen and oxygen atoms in total. The number of rotatable bonds is 5. The second-order valence-electron chi connectivity index (χ2n) is 4.92. The SMILES string of the molecule is CCn1cc(CNC(=O)c2cnc(-c3cccnc3)nc2)cn1. The number of amides is 1. The summed E-state index contributed by atoms with van der Waals surface area (Å²) in [6, 6.07) is 3.68. The molecule has 0 saturated carbocycles. The van der Waals surface area contributed by atoms with Gasteiger partial charge in [0.15, 0.2) is 5.82 Å². The average molecular weight is 308 g/mol. The lowest BCUT2D eigenvalue weighted by atomic mass is 10.2. The van der Waals surface area contributed by atoms with E-state index in [0.29, 0.717) is 17.9 Å². The van der Waals surface area contributed by atoms with Crippen LogP contribution >= 0.6 is 0 Å². The molecule has 0 aromatic carbocycles. The highest BCUT2D eigenvalue weighted by Crippen LogP contribution is 2.11. The number of pyridine rings is 1. The maximum absolute atomic E-state index is 12.1. The van der Waals surface area contributed by atoms with Crippen LogP contribution in [0.2, 0.25) is 0 Å². The predicted octanol–water partition coefficient (Wildman–Crippen LogP) is 1.68. The van der Waals surface area contributed by atoms with Crippen molar-refractivity contribution < 1.29 is 4.79 Å². The van der Waals surface area contributed by atoms with Crippen molar-refractivity contribution in [3.05, 3.63) is 60.4 Å². The average Bonchev–Trinajstić information content (AvgIpc) is 3.09. The molecule has 0 aliphatic heterocycles. The molecule has 0 bridgehead atoms. The zero-order valence-corrected chi connectivity index (χ0v) is 12.7. The van der Waals surface area contributed by atoms with Crippen LogP contribution in [0, 0.1) is 0 Å². The van der Waals surface area contributed by atoms with E-state index in [4.69, 9.17) is 0 Å². The molecule has 0 fully saturated rings. The number of aryl methyl sites for hydroxylation is 1. The van der Waals surface area contributed by atoms with E-state index >= 15 is 0 Å². The Bertz CT molecular complexity index is 782. The Kier molecular flexibility index (Phi) is 4.37. The van der Waals surface area contributed by atoms with E-state index in [-0.39, 0.29) is 5.91 Å². The molecule has 7 heteroatoms. The summed E-state index contributed by atoms with van der Waals surface area (Å²) in [6.07, 6.45) is 10.0. The number of carbonyl (C=O) groups is 1. The maximum Gasteiger partial charge on any atom is 0.254 e. The minimum Gasteiger partial charge on any atom is -0.348 e. The standard InChI is InChI=1S/C16H16N6O/c1-2-22-11-12(7-21-22)6-20-16(23)14-9-18-15(19-10-14)13-4-3-5-17-8-13/h3-5,7-11H,2,6H2,1H3,(H,20,23). The first-order valence-corrected chi connectivity index (χ1v) is 7.28. The number of aromatic nitrogens is 5. The topological polar surface area (TPSA) is 85.6 Å². The molecule has 1 amide bonds. The fourth-order valence-corrected chi connectivity index (χ4v) is 2.04. The third-order valence-corrected chi connectivity index (χ3v) is 3.30. The third kappa shape index (κ3) is 3.57. The number of hydrogen-bond acceptors (Lipinski definition) is 5. The van der Waals surface area contributed by atoms with Crippen LogP contribution in [0.4, 0.5) is 0 Å². The van der Waals surface area contributed by atoms with Crippen LogP contribution in [-0.4, -0.2) is 30.6 Å². The molecule has 0 spiro atoms. The van der Waals surface area contributed by atoms with Gasteiger partial charge in [-0.25, -0.2) is 9.97 Å². The molecule has 0 saturated heterocycles. The van der Waals surface area contributed by atoms with Gasteiger partial charge < -0.3 is 5.32 Å². The Hall–Kier alpha value is -3.09. The minimum absolute atomic E-state index is 0.216. The van der Waals surface area contributed by atoms with Gasteiger partial charge in [-0.15, -0.1) is 0 Å². The van der Waals surface area contributed by atoms with Crippen molar-refractivity contribution in [1.82, 2.24) is 30.0 Å². The minimum atomic E-state index is -0.216. The quantitative estimate of drug-likeness (QED) is 0.775. The van der Waals surface area contributed by atoms with Crippen LogP contribution in [0.3, 0.4) is 0 Å². The Balaban J connectivity index is 1.63. The molecule has 116 valence electrons. The second-order valence-corrected chi connectivity index (χ2v) is 4.92. The summed E-state index contributed by atoms with van der Waals surface area (Å²) < 4.78 is 1.81. The molecule has 3 heterocycles. The van der Waals surface area contributed by atoms with Gasteiger partial charge in [0.2, 0.25) is 0 Å². The van der Waals surface area contributed by atoms with E-state index in [1.54, 1.807) is 18.6 Å². The summed E-state index contributed by atoms with van der Waals surface area (Å²) in [6.45, 7) is 3.23. The van der Waals surface area contributed by atoms with Crippen LogP contribution in [0.5, 0.6) is 0 Å². The highest BCUT2D eigenvalue weighted by Gasteiger charge is 2.08. The van der Waals surface area contributed by atoms with E-state index in [1.165, 1.54) is 12.4 Å². The predicted molar refractivity (Wildman–Crippen MR) is 84.3 cm³/mol. The summed E-state index contributed by atoms with van der Waals surface area (Å²) in [5.74, 6) is 0.325. The fourth-order valence-electron chi connectivity index (χ4n) is 2.04. The Morgan fingerprint density at radius 2 is 2.04 bits per heavy atom. The highest BCUT2D eigenvalue weighted by molar-refractivity contribution is 5.93. The lowest BCUT2D eigenvalue weighted by molar-refractivity contribution is 0.0950. The van der Waals surface area contributed by atoms with Crippen molar-refractivity contribution in [2.24, 2.45) is 0 Å². The van der Waals surface area contributed by atoms with Crippen molar-refractivity contribution in [3.63, 3.8) is 0 Å². The van der Waals surface area contributed by atoms with Gasteiger partial charge in [-0.3, -0.25) is 14.5 Å². The van der Waals surface area contributed by atoms with Crippen molar-refractivity contribution in [1.29, 1.82) is 0 Å². The molecule has 3 rings (SSSR count). The van der Waals surface area contributed by atoms with Gasteiger partial charge in [-0.05, 0) is 19.1 Å². The van der Waals surface area contributed by atoms with Crippen LogP contribution in [-0.2, 0) is 13.1 Å². The van der Waals surface area contributed by atoms with Gasteiger partial charge in [0, 0.05) is 55.2 Å². The Morgan fingerprint density at radius 3 is 2.70 bits per heavy atom. The molecular formula is C16H16N6O. The first-order chi connectivity index (χ1) is 11.3. The smallest absolute Gasteiger partial charge is 0.254 e. The van der Waals surface area contributed by atoms with Gasteiger partial charge in [-0.2, -0.15) is 5.10 Å². The molecule has 23 heavy (non-hydrogen) atoms. The van der Waals surface area contributed by atoms with E-state index in [0.717, 1.165) is 17.7 Å². The number of carbonyl (C=O) groups excluding carboxylic acids is 1. The van der Waals surface area contributed by atoms with Crippen LogP contribution in [0.25, 0.3) is 11.4 Å². The zero-order chi connectivity index (χ0) is 16.1. The molecule has 0 radical (unpaired) electrons. The molecule has 1 N–H and O–H groups in total. The molecular weight excluding hydrogens is 292 g/mol. The lowest BCUT2D eigenvalue weighted by Crippen LogP contribution is -2.23. The first kappa shape index (κ1) is 14.8. The lowest BCUT2D eigenvalue weighted by Gasteiger charge is -2.04. The zero-order valence-electron chi connectivity index (χ0n) is 12.7. The van der Waals surface area contributed by atoms with Crippen LogP contribution in [0.1, 0.15) is 22.8 Å². The number of nitrogens with one attached hydrogen (secondary N) is 1. The van der Waals surface area contributed by atoms with Crippen LogP contribution in [0.15, 0.2) is 49.3 Å². The highest BCUT2D eigenvalue weighted by atomic mass is 16.1. The summed E-state index contributed by atoms with van der Waals surface area (Å²) in [5.41, 5.74) is 2.18. The molecule has 0 aliphatic rings. The summed E-state index contributed by atoms with van der Waals surface area (Å²) in [4.78, 5) is 24.6. The largest absolute Gasteiger partial charge is 0.348 e. The van der Waals surface area contributed by atoms with E-state index < -0.39 is 0 Å². The second kappa shape index (κ2) is 6.78. The van der Waals surface area contributed by atoms with E-state index in [1.807, 2.05) is 29.9 Å². The van der Waals surface area contributed by atoms with Gasteiger partial charge in [0.1, 0.15) is 0 Å². The number of nitrogens with zero attached hydrogens (tertiary/aromatic N) is 5.